The Hall–Kier alpha value is -0.610. The van der Waals surface area contributed by atoms with Crippen molar-refractivity contribution in [2.75, 3.05) is 32.8 Å². The van der Waals surface area contributed by atoms with Crippen LogP contribution < -0.4 is 5.32 Å². The van der Waals surface area contributed by atoms with Crippen molar-refractivity contribution < 1.29 is 5.11 Å². The van der Waals surface area contributed by atoms with Crippen molar-refractivity contribution in [3.63, 3.8) is 0 Å². The number of nitrogens with one attached hydrogen (secondary N) is 1. The molecule has 0 bridgehead atoms. The van der Waals surface area contributed by atoms with E-state index in [2.05, 4.69) is 29.3 Å². The van der Waals surface area contributed by atoms with Gasteiger partial charge >= 0.3 is 0 Å². The van der Waals surface area contributed by atoms with Crippen molar-refractivity contribution in [3.05, 3.63) is 35.4 Å². The third-order valence-corrected chi connectivity index (χ3v) is 3.31. The maximum atomic E-state index is 9.59. The minimum atomic E-state index is 0. The van der Waals surface area contributed by atoms with Crippen molar-refractivity contribution in [3.8, 4) is 0 Å². The molecule has 1 atom stereocenters. The molecule has 1 saturated heterocycles. The first-order valence-corrected chi connectivity index (χ1v) is 5.94. The maximum Gasteiger partial charge on any atom is 0.0628 e. The van der Waals surface area contributed by atoms with Gasteiger partial charge in [-0.3, -0.25) is 4.90 Å². The summed E-state index contributed by atoms with van der Waals surface area (Å²) in [5, 5.41) is 12.9. The molecule has 1 aliphatic heterocycles. The fraction of sp³-hybridized carbons (Fsp3) is 0.538. The maximum absolute atomic E-state index is 9.59. The van der Waals surface area contributed by atoms with Gasteiger partial charge in [0.15, 0.2) is 0 Å². The van der Waals surface area contributed by atoms with Crippen LogP contribution in [0.5, 0.6) is 0 Å². The number of nitrogens with zero attached hydrogens (tertiary/aromatic N) is 1. The van der Waals surface area contributed by atoms with Crippen LogP contribution in [-0.4, -0.2) is 42.8 Å². The van der Waals surface area contributed by atoms with Gasteiger partial charge in [-0.15, -0.1) is 12.4 Å². The predicted molar refractivity (Wildman–Crippen MR) is 72.7 cm³/mol. The van der Waals surface area contributed by atoms with Crippen LogP contribution in [0, 0.1) is 6.92 Å². The lowest BCUT2D eigenvalue weighted by atomic mass is 10.00. The summed E-state index contributed by atoms with van der Waals surface area (Å²) in [5.41, 5.74) is 2.52. The number of hydrogen-bond donors (Lipinski definition) is 2. The molecule has 0 unspecified atom stereocenters. The van der Waals surface area contributed by atoms with E-state index in [9.17, 15) is 5.11 Å². The average molecular weight is 257 g/mol. The normalized spacial score (nSPS) is 18.5. The van der Waals surface area contributed by atoms with Crippen LogP contribution in [0.25, 0.3) is 0 Å². The van der Waals surface area contributed by atoms with Gasteiger partial charge in [-0.05, 0) is 18.1 Å². The Morgan fingerprint density at radius 1 is 1.29 bits per heavy atom. The van der Waals surface area contributed by atoms with E-state index in [4.69, 9.17) is 0 Å². The topological polar surface area (TPSA) is 35.5 Å². The minimum absolute atomic E-state index is 0. The van der Waals surface area contributed by atoms with Gasteiger partial charge < -0.3 is 10.4 Å². The van der Waals surface area contributed by atoms with Crippen LogP contribution in [0.2, 0.25) is 0 Å². The van der Waals surface area contributed by atoms with E-state index in [0.29, 0.717) is 0 Å². The molecule has 1 heterocycles. The highest BCUT2D eigenvalue weighted by molar-refractivity contribution is 5.85. The van der Waals surface area contributed by atoms with Crippen molar-refractivity contribution in [1.82, 2.24) is 10.2 Å². The second kappa shape index (κ2) is 6.97. The number of aliphatic hydroxyl groups is 1. The number of aryl methyl sites for hydroxylation is 1. The Morgan fingerprint density at radius 3 is 2.53 bits per heavy atom. The van der Waals surface area contributed by atoms with Crippen molar-refractivity contribution >= 4 is 12.4 Å². The molecule has 0 saturated carbocycles. The van der Waals surface area contributed by atoms with E-state index in [0.717, 1.165) is 26.2 Å². The van der Waals surface area contributed by atoms with Gasteiger partial charge in [-0.25, -0.2) is 0 Å². The third-order valence-electron chi connectivity index (χ3n) is 3.31. The van der Waals surface area contributed by atoms with Crippen LogP contribution in [0.15, 0.2) is 24.3 Å². The fourth-order valence-electron chi connectivity index (χ4n) is 2.36. The lowest BCUT2D eigenvalue weighted by Gasteiger charge is -2.34. The molecule has 0 aliphatic carbocycles. The quantitative estimate of drug-likeness (QED) is 0.857. The average Bonchev–Trinajstić information content (AvgIpc) is 2.34. The zero-order valence-corrected chi connectivity index (χ0v) is 11.0. The first-order chi connectivity index (χ1) is 7.83. The van der Waals surface area contributed by atoms with Crippen LogP contribution >= 0.6 is 12.4 Å². The van der Waals surface area contributed by atoms with E-state index in [-0.39, 0.29) is 25.1 Å². The zero-order chi connectivity index (χ0) is 11.4. The number of benzene rings is 1. The van der Waals surface area contributed by atoms with Gasteiger partial charge in [0.05, 0.1) is 12.6 Å². The molecular formula is C13H21ClN2O. The highest BCUT2D eigenvalue weighted by Gasteiger charge is 2.22. The Kier molecular flexibility index (Phi) is 5.92. The van der Waals surface area contributed by atoms with E-state index >= 15 is 0 Å². The molecule has 0 radical (unpaired) electrons. The Labute approximate surface area is 109 Å². The highest BCUT2D eigenvalue weighted by Crippen LogP contribution is 2.23. The first-order valence-electron chi connectivity index (χ1n) is 5.94. The van der Waals surface area contributed by atoms with E-state index < -0.39 is 0 Å². The Morgan fingerprint density at radius 2 is 1.94 bits per heavy atom. The molecule has 96 valence electrons. The Bertz CT molecular complexity index is 340. The van der Waals surface area contributed by atoms with Crippen LogP contribution in [0.1, 0.15) is 17.2 Å². The number of hydrogen-bond acceptors (Lipinski definition) is 3. The summed E-state index contributed by atoms with van der Waals surface area (Å²) in [6.45, 7) is 6.37. The number of rotatable bonds is 3. The second-order valence-corrected chi connectivity index (χ2v) is 4.34. The second-order valence-electron chi connectivity index (χ2n) is 4.34. The van der Waals surface area contributed by atoms with Crippen LogP contribution in [0.4, 0.5) is 0 Å². The number of halogens is 1. The van der Waals surface area contributed by atoms with Crippen molar-refractivity contribution in [1.29, 1.82) is 0 Å². The Balaban J connectivity index is 0.00000144. The molecule has 1 aliphatic rings. The van der Waals surface area contributed by atoms with E-state index in [1.54, 1.807) is 0 Å². The first kappa shape index (κ1) is 14.5. The summed E-state index contributed by atoms with van der Waals surface area (Å²) in [6, 6.07) is 8.49. The lowest BCUT2D eigenvalue weighted by Crippen LogP contribution is -2.46. The fourth-order valence-corrected chi connectivity index (χ4v) is 2.36. The molecule has 0 spiro atoms. The summed E-state index contributed by atoms with van der Waals surface area (Å²) in [7, 11) is 0. The molecule has 1 fully saturated rings. The van der Waals surface area contributed by atoms with Gasteiger partial charge in [0, 0.05) is 26.2 Å². The smallest absolute Gasteiger partial charge is 0.0628 e. The monoisotopic (exact) mass is 256 g/mol. The summed E-state index contributed by atoms with van der Waals surface area (Å²) < 4.78 is 0. The molecule has 0 amide bonds. The molecule has 1 aromatic carbocycles. The van der Waals surface area contributed by atoms with Gasteiger partial charge in [-0.2, -0.15) is 0 Å². The van der Waals surface area contributed by atoms with Gasteiger partial charge in [0.1, 0.15) is 0 Å². The third kappa shape index (κ3) is 3.42. The molecule has 1 aromatic rings. The van der Waals surface area contributed by atoms with Crippen molar-refractivity contribution in [2.24, 2.45) is 0 Å². The number of aliphatic hydroxyl groups excluding tert-OH is 1. The van der Waals surface area contributed by atoms with Gasteiger partial charge in [0.2, 0.25) is 0 Å². The van der Waals surface area contributed by atoms with E-state index in [1.807, 2.05) is 12.1 Å². The summed E-state index contributed by atoms with van der Waals surface area (Å²) in [5.74, 6) is 0. The molecular weight excluding hydrogens is 236 g/mol. The van der Waals surface area contributed by atoms with E-state index in [1.165, 1.54) is 11.1 Å². The molecule has 3 nitrogen and oxygen atoms in total. The van der Waals surface area contributed by atoms with Gasteiger partial charge in [-0.1, -0.05) is 24.3 Å². The van der Waals surface area contributed by atoms with Crippen LogP contribution in [-0.2, 0) is 0 Å². The lowest BCUT2D eigenvalue weighted by molar-refractivity contribution is 0.110. The van der Waals surface area contributed by atoms with Gasteiger partial charge in [0.25, 0.3) is 0 Å². The highest BCUT2D eigenvalue weighted by atomic mass is 35.5. The summed E-state index contributed by atoms with van der Waals surface area (Å²) in [4.78, 5) is 2.36. The zero-order valence-electron chi connectivity index (χ0n) is 10.2. The largest absolute Gasteiger partial charge is 0.394 e. The molecule has 2 rings (SSSR count). The van der Waals surface area contributed by atoms with Crippen molar-refractivity contribution in [2.45, 2.75) is 13.0 Å². The number of piperazine rings is 1. The summed E-state index contributed by atoms with van der Waals surface area (Å²) >= 11 is 0. The van der Waals surface area contributed by atoms with Crippen LogP contribution in [0.3, 0.4) is 0 Å². The molecule has 0 aromatic heterocycles. The summed E-state index contributed by atoms with van der Waals surface area (Å²) in [6.07, 6.45) is 0. The SMILES string of the molecule is Cc1ccccc1[C@@H](CO)N1CCNCC1.Cl. The standard InChI is InChI=1S/C13H20N2O.ClH/c1-11-4-2-3-5-12(11)13(10-16)15-8-6-14-7-9-15;/h2-5,13-14,16H,6-10H2,1H3;1H/t13-;/m1./s1. The molecule has 17 heavy (non-hydrogen) atoms. The molecule has 2 N–H and O–H groups in total. The molecule has 4 heteroatoms. The predicted octanol–water partition coefficient (Wildman–Crippen LogP) is 1.36. The minimum Gasteiger partial charge on any atom is -0.394 e.